The van der Waals surface area contributed by atoms with Crippen molar-refractivity contribution < 1.29 is 19.1 Å². The van der Waals surface area contributed by atoms with Gasteiger partial charge >= 0.3 is 5.97 Å². The highest BCUT2D eigenvalue weighted by Gasteiger charge is 2.21. The number of carbonyl (C=O) groups excluding carboxylic acids is 2. The van der Waals surface area contributed by atoms with Gasteiger partial charge in [0.25, 0.3) is 5.91 Å². The SMILES string of the molecule is COCCn1c(=NC(=O)C(C)(C)C)sc2cc(C(=O)OC)ccc21. The minimum atomic E-state index is -0.549. The molecule has 0 fully saturated rings. The first-order valence-corrected chi connectivity index (χ1v) is 8.39. The van der Waals surface area contributed by atoms with Gasteiger partial charge in [0, 0.05) is 19.1 Å². The van der Waals surface area contributed by atoms with Gasteiger partial charge in [-0.05, 0) is 18.2 Å². The maximum Gasteiger partial charge on any atom is 0.337 e. The number of rotatable bonds is 4. The fraction of sp³-hybridized carbons (Fsp3) is 0.471. The molecule has 2 rings (SSSR count). The quantitative estimate of drug-likeness (QED) is 0.795. The van der Waals surface area contributed by atoms with Crippen LogP contribution >= 0.6 is 11.3 Å². The molecule has 0 aliphatic heterocycles. The van der Waals surface area contributed by atoms with E-state index in [0.717, 1.165) is 10.2 Å². The maximum absolute atomic E-state index is 12.3. The van der Waals surface area contributed by atoms with Crippen LogP contribution in [0.3, 0.4) is 0 Å². The minimum Gasteiger partial charge on any atom is -0.465 e. The van der Waals surface area contributed by atoms with E-state index in [-0.39, 0.29) is 5.91 Å². The third kappa shape index (κ3) is 3.91. The number of fused-ring (bicyclic) bond motifs is 1. The van der Waals surface area contributed by atoms with Gasteiger partial charge in [0.05, 0.1) is 29.5 Å². The summed E-state index contributed by atoms with van der Waals surface area (Å²) in [5, 5.41) is 0. The monoisotopic (exact) mass is 350 g/mol. The molecule has 1 heterocycles. The average molecular weight is 350 g/mol. The Balaban J connectivity index is 2.62. The number of aromatic nitrogens is 1. The Morgan fingerprint density at radius 2 is 1.96 bits per heavy atom. The molecular weight excluding hydrogens is 328 g/mol. The van der Waals surface area contributed by atoms with Crippen molar-refractivity contribution in [2.45, 2.75) is 27.3 Å². The molecule has 130 valence electrons. The molecule has 24 heavy (non-hydrogen) atoms. The van der Waals surface area contributed by atoms with Crippen LogP contribution in [0.1, 0.15) is 31.1 Å². The molecule has 6 nitrogen and oxygen atoms in total. The summed E-state index contributed by atoms with van der Waals surface area (Å²) in [6.45, 7) is 6.58. The summed E-state index contributed by atoms with van der Waals surface area (Å²) in [7, 11) is 2.98. The predicted molar refractivity (Wildman–Crippen MR) is 93.1 cm³/mol. The van der Waals surface area contributed by atoms with Crippen LogP contribution < -0.4 is 4.80 Å². The number of amides is 1. The van der Waals surface area contributed by atoms with E-state index in [1.54, 1.807) is 19.2 Å². The third-order valence-corrected chi connectivity index (χ3v) is 4.50. The Kier molecular flexibility index (Phi) is 5.56. The number of esters is 1. The van der Waals surface area contributed by atoms with Crippen molar-refractivity contribution >= 4 is 33.4 Å². The van der Waals surface area contributed by atoms with E-state index >= 15 is 0 Å². The summed E-state index contributed by atoms with van der Waals surface area (Å²) in [6, 6.07) is 5.31. The van der Waals surface area contributed by atoms with Crippen LogP contribution in [0.2, 0.25) is 0 Å². The van der Waals surface area contributed by atoms with Crippen LogP contribution in [-0.2, 0) is 20.8 Å². The van der Waals surface area contributed by atoms with Gasteiger partial charge in [-0.15, -0.1) is 0 Å². The summed E-state index contributed by atoms with van der Waals surface area (Å²) in [6.07, 6.45) is 0. The maximum atomic E-state index is 12.3. The highest BCUT2D eigenvalue weighted by molar-refractivity contribution is 7.16. The number of hydrogen-bond acceptors (Lipinski definition) is 5. The second-order valence-electron chi connectivity index (χ2n) is 6.37. The van der Waals surface area contributed by atoms with Gasteiger partial charge in [-0.2, -0.15) is 4.99 Å². The van der Waals surface area contributed by atoms with Gasteiger partial charge in [-0.3, -0.25) is 4.79 Å². The van der Waals surface area contributed by atoms with Crippen LogP contribution in [0.15, 0.2) is 23.2 Å². The summed E-state index contributed by atoms with van der Waals surface area (Å²) >= 11 is 1.37. The van der Waals surface area contributed by atoms with Crippen LogP contribution in [0.25, 0.3) is 10.2 Å². The first-order valence-electron chi connectivity index (χ1n) is 7.57. The Labute approximate surface area is 144 Å². The second-order valence-corrected chi connectivity index (χ2v) is 7.38. The first kappa shape index (κ1) is 18.4. The molecule has 0 unspecified atom stereocenters. The Bertz CT molecular complexity index is 827. The Morgan fingerprint density at radius 1 is 1.25 bits per heavy atom. The number of thiazole rings is 1. The molecule has 0 bridgehead atoms. The van der Waals surface area contributed by atoms with E-state index in [9.17, 15) is 9.59 Å². The van der Waals surface area contributed by atoms with Gasteiger partial charge in [0.15, 0.2) is 4.80 Å². The summed E-state index contributed by atoms with van der Waals surface area (Å²) in [5.74, 6) is -0.577. The number of benzene rings is 1. The molecule has 0 N–H and O–H groups in total. The molecule has 1 aromatic heterocycles. The predicted octanol–water partition coefficient (Wildman–Crippen LogP) is 2.61. The van der Waals surface area contributed by atoms with E-state index in [4.69, 9.17) is 9.47 Å². The highest BCUT2D eigenvalue weighted by Crippen LogP contribution is 2.21. The van der Waals surface area contributed by atoms with Crippen LogP contribution in [0, 0.1) is 5.41 Å². The molecule has 0 saturated carbocycles. The number of ether oxygens (including phenoxy) is 2. The van der Waals surface area contributed by atoms with Gasteiger partial charge in [0.1, 0.15) is 0 Å². The molecule has 0 aliphatic carbocycles. The van der Waals surface area contributed by atoms with Gasteiger partial charge < -0.3 is 14.0 Å². The molecule has 1 aromatic carbocycles. The van der Waals surface area contributed by atoms with E-state index < -0.39 is 11.4 Å². The van der Waals surface area contributed by atoms with Crippen molar-refractivity contribution in [3.05, 3.63) is 28.6 Å². The molecule has 0 atom stereocenters. The van der Waals surface area contributed by atoms with Gasteiger partial charge in [-0.25, -0.2) is 4.79 Å². The lowest BCUT2D eigenvalue weighted by molar-refractivity contribution is -0.125. The zero-order valence-electron chi connectivity index (χ0n) is 14.6. The lowest BCUT2D eigenvalue weighted by Crippen LogP contribution is -2.24. The van der Waals surface area contributed by atoms with Crippen molar-refractivity contribution in [3.8, 4) is 0 Å². The summed E-state index contributed by atoms with van der Waals surface area (Å²) in [5.41, 5.74) is 0.830. The minimum absolute atomic E-state index is 0.187. The van der Waals surface area contributed by atoms with Crippen molar-refractivity contribution in [2.24, 2.45) is 10.4 Å². The zero-order valence-corrected chi connectivity index (χ0v) is 15.4. The standard InChI is InChI=1S/C17H22N2O4S/c1-17(2,3)15(21)18-16-19(8-9-22-4)12-7-6-11(14(20)23-5)10-13(12)24-16/h6-7,10H,8-9H2,1-5H3. The van der Waals surface area contributed by atoms with Crippen molar-refractivity contribution in [3.63, 3.8) is 0 Å². The van der Waals surface area contributed by atoms with Crippen LogP contribution in [0.5, 0.6) is 0 Å². The number of carbonyl (C=O) groups is 2. The normalized spacial score (nSPS) is 12.6. The van der Waals surface area contributed by atoms with E-state index in [0.29, 0.717) is 23.5 Å². The largest absolute Gasteiger partial charge is 0.465 e. The summed E-state index contributed by atoms with van der Waals surface area (Å²) in [4.78, 5) is 28.9. The number of nitrogens with zero attached hydrogens (tertiary/aromatic N) is 2. The summed E-state index contributed by atoms with van der Waals surface area (Å²) < 4.78 is 12.7. The molecule has 0 radical (unpaired) electrons. The first-order chi connectivity index (χ1) is 11.3. The number of hydrogen-bond donors (Lipinski definition) is 0. The average Bonchev–Trinajstić information content (AvgIpc) is 2.87. The molecule has 0 saturated heterocycles. The molecule has 0 aliphatic rings. The van der Waals surface area contributed by atoms with E-state index in [1.807, 2.05) is 31.4 Å². The molecule has 0 spiro atoms. The lowest BCUT2D eigenvalue weighted by Gasteiger charge is -2.12. The Hall–Kier alpha value is -1.99. The van der Waals surface area contributed by atoms with Crippen LogP contribution in [-0.4, -0.2) is 37.3 Å². The zero-order chi connectivity index (χ0) is 17.9. The van der Waals surface area contributed by atoms with Crippen molar-refractivity contribution in [1.29, 1.82) is 0 Å². The van der Waals surface area contributed by atoms with Crippen molar-refractivity contribution in [1.82, 2.24) is 4.57 Å². The van der Waals surface area contributed by atoms with Gasteiger partial charge in [0.2, 0.25) is 0 Å². The lowest BCUT2D eigenvalue weighted by atomic mass is 9.96. The van der Waals surface area contributed by atoms with Gasteiger partial charge in [-0.1, -0.05) is 32.1 Å². The number of methoxy groups -OCH3 is 2. The van der Waals surface area contributed by atoms with E-state index in [2.05, 4.69) is 4.99 Å². The highest BCUT2D eigenvalue weighted by atomic mass is 32.1. The molecule has 7 heteroatoms. The second kappa shape index (κ2) is 7.27. The fourth-order valence-corrected chi connectivity index (χ4v) is 3.15. The molecule has 1 amide bonds. The van der Waals surface area contributed by atoms with Crippen LogP contribution in [0.4, 0.5) is 0 Å². The molecule has 2 aromatic rings. The third-order valence-electron chi connectivity index (χ3n) is 3.46. The molecular formula is C17H22N2O4S. The fourth-order valence-electron chi connectivity index (χ4n) is 2.06. The van der Waals surface area contributed by atoms with Crippen molar-refractivity contribution in [2.75, 3.05) is 20.8 Å². The topological polar surface area (TPSA) is 69.9 Å². The Morgan fingerprint density at radius 3 is 2.54 bits per heavy atom. The smallest absolute Gasteiger partial charge is 0.337 e. The van der Waals surface area contributed by atoms with E-state index in [1.165, 1.54) is 18.4 Å².